The largest absolute Gasteiger partial charge is 0.468 e. The van der Waals surface area contributed by atoms with E-state index in [1.165, 1.54) is 7.11 Å². The Morgan fingerprint density at radius 3 is 2.40 bits per heavy atom. The molecular weight excluding hydrogens is 190 g/mol. The predicted octanol–water partition coefficient (Wildman–Crippen LogP) is 1.68. The third-order valence-corrected chi connectivity index (χ3v) is 2.82. The summed E-state index contributed by atoms with van der Waals surface area (Å²) in [6, 6.07) is 9.71. The maximum absolute atomic E-state index is 11.5. The highest BCUT2D eigenvalue weighted by Gasteiger charge is 2.36. The van der Waals surface area contributed by atoms with Gasteiger partial charge in [0.1, 0.15) is 5.54 Å². The Labute approximate surface area is 90.2 Å². The molecule has 2 atom stereocenters. The summed E-state index contributed by atoms with van der Waals surface area (Å²) in [4.78, 5) is 11.5. The Kier molecular flexibility index (Phi) is 3.48. The summed E-state index contributed by atoms with van der Waals surface area (Å²) in [5.74, 6) is -0.468. The average molecular weight is 207 g/mol. The molecule has 0 fully saturated rings. The summed E-state index contributed by atoms with van der Waals surface area (Å²) in [6.45, 7) is 3.61. The molecule has 1 aromatic carbocycles. The fourth-order valence-corrected chi connectivity index (χ4v) is 1.48. The van der Waals surface area contributed by atoms with Crippen molar-refractivity contribution in [1.29, 1.82) is 0 Å². The van der Waals surface area contributed by atoms with Gasteiger partial charge in [0.15, 0.2) is 0 Å². The SMILES string of the molecule is COC(=O)[C@](C)(N)[C@@H](C)c1ccccc1. The molecule has 0 bridgehead atoms. The number of methoxy groups -OCH3 is 1. The number of esters is 1. The molecule has 82 valence electrons. The molecule has 15 heavy (non-hydrogen) atoms. The standard InChI is InChI=1S/C12H17NO2/c1-9(10-7-5-4-6-8-10)12(2,13)11(14)15-3/h4-9H,13H2,1-3H3/t9-,12+/m0/s1. The van der Waals surface area contributed by atoms with Crippen molar-refractivity contribution in [3.63, 3.8) is 0 Å². The van der Waals surface area contributed by atoms with Crippen LogP contribution >= 0.6 is 0 Å². The molecule has 0 aliphatic heterocycles. The minimum absolute atomic E-state index is 0.0776. The second-order valence-electron chi connectivity index (χ2n) is 3.91. The van der Waals surface area contributed by atoms with Crippen LogP contribution in [0, 0.1) is 0 Å². The predicted molar refractivity (Wildman–Crippen MR) is 59.5 cm³/mol. The molecule has 1 aromatic rings. The van der Waals surface area contributed by atoms with Crippen molar-refractivity contribution in [2.24, 2.45) is 5.73 Å². The van der Waals surface area contributed by atoms with Crippen molar-refractivity contribution in [1.82, 2.24) is 0 Å². The second-order valence-corrected chi connectivity index (χ2v) is 3.91. The zero-order valence-corrected chi connectivity index (χ0v) is 9.36. The number of hydrogen-bond donors (Lipinski definition) is 1. The summed E-state index contributed by atoms with van der Waals surface area (Å²) in [5.41, 5.74) is 6.02. The van der Waals surface area contributed by atoms with Gasteiger partial charge >= 0.3 is 5.97 Å². The van der Waals surface area contributed by atoms with E-state index in [0.29, 0.717) is 0 Å². The van der Waals surface area contributed by atoms with E-state index in [1.807, 2.05) is 37.3 Å². The normalized spacial score (nSPS) is 16.5. The first kappa shape index (κ1) is 11.7. The van der Waals surface area contributed by atoms with Crippen LogP contribution in [-0.2, 0) is 9.53 Å². The van der Waals surface area contributed by atoms with Crippen LogP contribution in [0.5, 0.6) is 0 Å². The summed E-state index contributed by atoms with van der Waals surface area (Å²) in [6.07, 6.45) is 0. The number of carbonyl (C=O) groups is 1. The van der Waals surface area contributed by atoms with E-state index in [0.717, 1.165) is 5.56 Å². The van der Waals surface area contributed by atoms with Crippen molar-refractivity contribution in [2.75, 3.05) is 7.11 Å². The van der Waals surface area contributed by atoms with E-state index < -0.39 is 5.54 Å². The third kappa shape index (κ3) is 2.36. The molecular formula is C12H17NO2. The van der Waals surface area contributed by atoms with Crippen molar-refractivity contribution >= 4 is 5.97 Å². The number of nitrogens with two attached hydrogens (primary N) is 1. The third-order valence-electron chi connectivity index (χ3n) is 2.82. The van der Waals surface area contributed by atoms with Gasteiger partial charge < -0.3 is 10.5 Å². The average Bonchev–Trinajstić information content (AvgIpc) is 2.28. The van der Waals surface area contributed by atoms with Gasteiger partial charge in [0, 0.05) is 5.92 Å². The molecule has 0 amide bonds. The van der Waals surface area contributed by atoms with Crippen molar-refractivity contribution in [3.05, 3.63) is 35.9 Å². The number of hydrogen-bond acceptors (Lipinski definition) is 3. The van der Waals surface area contributed by atoms with Crippen molar-refractivity contribution < 1.29 is 9.53 Å². The topological polar surface area (TPSA) is 52.3 Å². The van der Waals surface area contributed by atoms with Gasteiger partial charge in [-0.3, -0.25) is 4.79 Å². The molecule has 0 unspecified atom stereocenters. The first-order valence-corrected chi connectivity index (χ1v) is 4.92. The number of rotatable bonds is 3. The van der Waals surface area contributed by atoms with Crippen LogP contribution in [-0.4, -0.2) is 18.6 Å². The number of carbonyl (C=O) groups excluding carboxylic acids is 1. The highest BCUT2D eigenvalue weighted by Crippen LogP contribution is 2.26. The van der Waals surface area contributed by atoms with E-state index in [2.05, 4.69) is 0 Å². The van der Waals surface area contributed by atoms with Gasteiger partial charge in [0.05, 0.1) is 7.11 Å². The Balaban J connectivity index is 2.94. The van der Waals surface area contributed by atoms with Gasteiger partial charge in [-0.05, 0) is 12.5 Å². The lowest BCUT2D eigenvalue weighted by Crippen LogP contribution is -2.50. The fourth-order valence-electron chi connectivity index (χ4n) is 1.48. The van der Waals surface area contributed by atoms with Crippen LogP contribution in [0.25, 0.3) is 0 Å². The molecule has 0 aliphatic rings. The molecule has 3 heteroatoms. The van der Waals surface area contributed by atoms with Crippen LogP contribution in [0.15, 0.2) is 30.3 Å². The molecule has 0 spiro atoms. The van der Waals surface area contributed by atoms with E-state index >= 15 is 0 Å². The molecule has 0 radical (unpaired) electrons. The zero-order valence-electron chi connectivity index (χ0n) is 9.36. The lowest BCUT2D eigenvalue weighted by atomic mass is 9.83. The summed E-state index contributed by atoms with van der Waals surface area (Å²) in [5, 5.41) is 0. The minimum atomic E-state index is -0.990. The molecule has 3 nitrogen and oxygen atoms in total. The van der Waals surface area contributed by atoms with Crippen molar-refractivity contribution in [3.8, 4) is 0 Å². The molecule has 0 saturated heterocycles. The Bertz CT molecular complexity index is 333. The first-order chi connectivity index (χ1) is 7.00. The molecule has 2 N–H and O–H groups in total. The Morgan fingerprint density at radius 2 is 1.93 bits per heavy atom. The van der Waals surface area contributed by atoms with Gasteiger partial charge in [0.2, 0.25) is 0 Å². The molecule has 0 aromatic heterocycles. The number of benzene rings is 1. The van der Waals surface area contributed by atoms with E-state index in [-0.39, 0.29) is 11.9 Å². The van der Waals surface area contributed by atoms with E-state index in [1.54, 1.807) is 6.92 Å². The maximum atomic E-state index is 11.5. The summed E-state index contributed by atoms with van der Waals surface area (Å²) in [7, 11) is 1.35. The van der Waals surface area contributed by atoms with Crippen LogP contribution in [0.3, 0.4) is 0 Å². The van der Waals surface area contributed by atoms with Gasteiger partial charge in [-0.2, -0.15) is 0 Å². The van der Waals surface area contributed by atoms with Gasteiger partial charge in [-0.1, -0.05) is 37.3 Å². The number of ether oxygens (including phenoxy) is 1. The quantitative estimate of drug-likeness (QED) is 0.767. The second kappa shape index (κ2) is 4.45. The monoisotopic (exact) mass is 207 g/mol. The Morgan fingerprint density at radius 1 is 1.40 bits per heavy atom. The molecule has 0 heterocycles. The fraction of sp³-hybridized carbons (Fsp3) is 0.417. The summed E-state index contributed by atoms with van der Waals surface area (Å²) >= 11 is 0. The molecule has 0 saturated carbocycles. The minimum Gasteiger partial charge on any atom is -0.468 e. The lowest BCUT2D eigenvalue weighted by molar-refractivity contribution is -0.147. The smallest absolute Gasteiger partial charge is 0.326 e. The van der Waals surface area contributed by atoms with E-state index in [4.69, 9.17) is 10.5 Å². The van der Waals surface area contributed by atoms with Crippen LogP contribution < -0.4 is 5.73 Å². The van der Waals surface area contributed by atoms with E-state index in [9.17, 15) is 4.79 Å². The first-order valence-electron chi connectivity index (χ1n) is 4.92. The Hall–Kier alpha value is -1.35. The van der Waals surface area contributed by atoms with Gasteiger partial charge in [0.25, 0.3) is 0 Å². The van der Waals surface area contributed by atoms with Crippen molar-refractivity contribution in [2.45, 2.75) is 25.3 Å². The van der Waals surface area contributed by atoms with Crippen LogP contribution in [0.2, 0.25) is 0 Å². The lowest BCUT2D eigenvalue weighted by Gasteiger charge is -2.28. The van der Waals surface area contributed by atoms with Crippen LogP contribution in [0.1, 0.15) is 25.3 Å². The molecule has 1 rings (SSSR count). The summed E-state index contributed by atoms with van der Waals surface area (Å²) < 4.78 is 4.69. The molecule has 0 aliphatic carbocycles. The van der Waals surface area contributed by atoms with Gasteiger partial charge in [-0.25, -0.2) is 0 Å². The van der Waals surface area contributed by atoms with Crippen LogP contribution in [0.4, 0.5) is 0 Å². The zero-order chi connectivity index (χ0) is 11.5. The highest BCUT2D eigenvalue weighted by atomic mass is 16.5. The highest BCUT2D eigenvalue weighted by molar-refractivity contribution is 5.81. The van der Waals surface area contributed by atoms with Gasteiger partial charge in [-0.15, -0.1) is 0 Å². The maximum Gasteiger partial charge on any atom is 0.326 e.